The summed E-state index contributed by atoms with van der Waals surface area (Å²) in [5.41, 5.74) is 7.47. The van der Waals surface area contributed by atoms with Gasteiger partial charge in [0, 0.05) is 24.3 Å². The third-order valence-electron chi connectivity index (χ3n) is 3.87. The van der Waals surface area contributed by atoms with Crippen molar-refractivity contribution >= 4 is 17.3 Å². The minimum atomic E-state index is 0.249. The van der Waals surface area contributed by atoms with E-state index in [-0.39, 0.29) is 5.91 Å². The number of carbonyl (C=O) groups is 1. The predicted molar refractivity (Wildman–Crippen MR) is 80.1 cm³/mol. The van der Waals surface area contributed by atoms with Gasteiger partial charge in [0.2, 0.25) is 5.91 Å². The number of carbonyl (C=O) groups excluding carboxylic acids is 1. The number of hydrogen-bond acceptors (Lipinski definition) is 2. The second kappa shape index (κ2) is 6.60. The van der Waals surface area contributed by atoms with Gasteiger partial charge in [0.25, 0.3) is 0 Å². The first-order chi connectivity index (χ1) is 9.20. The van der Waals surface area contributed by atoms with E-state index in [1.54, 1.807) is 0 Å². The van der Waals surface area contributed by atoms with Crippen LogP contribution in [0.2, 0.25) is 0 Å². The molecule has 1 aliphatic carbocycles. The summed E-state index contributed by atoms with van der Waals surface area (Å²) in [6, 6.07) is 7.63. The molecule has 1 aromatic rings. The number of amides is 1. The van der Waals surface area contributed by atoms with Gasteiger partial charge in [0.1, 0.15) is 0 Å². The molecule has 3 heteroatoms. The maximum atomic E-state index is 12.5. The van der Waals surface area contributed by atoms with E-state index in [1.165, 1.54) is 25.7 Å². The SMILES string of the molecule is CCCN(C(=O)CC1CCCC1)c1cccc(N)c1. The summed E-state index contributed by atoms with van der Waals surface area (Å²) in [7, 11) is 0. The highest BCUT2D eigenvalue weighted by molar-refractivity contribution is 5.93. The van der Waals surface area contributed by atoms with E-state index in [0.29, 0.717) is 18.0 Å². The summed E-state index contributed by atoms with van der Waals surface area (Å²) in [5, 5.41) is 0. The van der Waals surface area contributed by atoms with Gasteiger partial charge in [0.05, 0.1) is 0 Å². The first-order valence-corrected chi connectivity index (χ1v) is 7.36. The molecule has 0 heterocycles. The Kier molecular flexibility index (Phi) is 4.83. The summed E-state index contributed by atoms with van der Waals surface area (Å²) in [5.74, 6) is 0.840. The van der Waals surface area contributed by atoms with Crippen LogP contribution in [0.25, 0.3) is 0 Å². The average Bonchev–Trinajstić information content (AvgIpc) is 2.88. The molecule has 0 atom stereocenters. The van der Waals surface area contributed by atoms with Crippen molar-refractivity contribution in [2.24, 2.45) is 5.92 Å². The van der Waals surface area contributed by atoms with E-state index in [1.807, 2.05) is 29.2 Å². The van der Waals surface area contributed by atoms with Gasteiger partial charge < -0.3 is 10.6 Å². The minimum Gasteiger partial charge on any atom is -0.399 e. The molecule has 1 amide bonds. The zero-order valence-electron chi connectivity index (χ0n) is 11.8. The predicted octanol–water partition coefficient (Wildman–Crippen LogP) is 3.59. The van der Waals surface area contributed by atoms with Crippen LogP contribution >= 0.6 is 0 Å². The Labute approximate surface area is 115 Å². The number of nitrogens with zero attached hydrogens (tertiary/aromatic N) is 1. The largest absolute Gasteiger partial charge is 0.399 e. The number of nitrogen functional groups attached to an aromatic ring is 1. The molecule has 2 rings (SSSR count). The average molecular weight is 260 g/mol. The van der Waals surface area contributed by atoms with Crippen molar-refractivity contribution in [3.63, 3.8) is 0 Å². The Hall–Kier alpha value is -1.51. The van der Waals surface area contributed by atoms with Gasteiger partial charge in [-0.2, -0.15) is 0 Å². The van der Waals surface area contributed by atoms with Crippen molar-refractivity contribution in [3.05, 3.63) is 24.3 Å². The van der Waals surface area contributed by atoms with E-state index >= 15 is 0 Å². The zero-order valence-corrected chi connectivity index (χ0v) is 11.8. The lowest BCUT2D eigenvalue weighted by molar-refractivity contribution is -0.119. The molecule has 0 radical (unpaired) electrons. The fourth-order valence-corrected chi connectivity index (χ4v) is 2.89. The molecule has 1 saturated carbocycles. The quantitative estimate of drug-likeness (QED) is 0.822. The van der Waals surface area contributed by atoms with E-state index in [0.717, 1.165) is 18.7 Å². The molecule has 0 spiro atoms. The Morgan fingerprint density at radius 2 is 2.11 bits per heavy atom. The van der Waals surface area contributed by atoms with E-state index in [4.69, 9.17) is 5.73 Å². The molecular weight excluding hydrogens is 236 g/mol. The molecule has 1 aromatic carbocycles. The van der Waals surface area contributed by atoms with Crippen LogP contribution in [0.3, 0.4) is 0 Å². The fraction of sp³-hybridized carbons (Fsp3) is 0.562. The summed E-state index contributed by atoms with van der Waals surface area (Å²) >= 11 is 0. The molecule has 3 nitrogen and oxygen atoms in total. The van der Waals surface area contributed by atoms with Crippen molar-refractivity contribution in [1.82, 2.24) is 0 Å². The van der Waals surface area contributed by atoms with E-state index < -0.39 is 0 Å². The smallest absolute Gasteiger partial charge is 0.227 e. The normalized spacial score (nSPS) is 15.6. The van der Waals surface area contributed by atoms with Crippen LogP contribution in [0, 0.1) is 5.92 Å². The topological polar surface area (TPSA) is 46.3 Å². The molecule has 19 heavy (non-hydrogen) atoms. The first kappa shape index (κ1) is 13.9. The van der Waals surface area contributed by atoms with Gasteiger partial charge in [-0.25, -0.2) is 0 Å². The maximum absolute atomic E-state index is 12.5. The van der Waals surface area contributed by atoms with Gasteiger partial charge in [-0.15, -0.1) is 0 Å². The van der Waals surface area contributed by atoms with E-state index in [2.05, 4.69) is 6.92 Å². The maximum Gasteiger partial charge on any atom is 0.227 e. The number of rotatable bonds is 5. The fourth-order valence-electron chi connectivity index (χ4n) is 2.89. The second-order valence-corrected chi connectivity index (χ2v) is 5.49. The second-order valence-electron chi connectivity index (χ2n) is 5.49. The number of hydrogen-bond donors (Lipinski definition) is 1. The molecule has 0 unspecified atom stereocenters. The summed E-state index contributed by atoms with van der Waals surface area (Å²) in [4.78, 5) is 14.4. The van der Waals surface area contributed by atoms with Crippen molar-refractivity contribution in [2.45, 2.75) is 45.4 Å². The molecule has 0 saturated heterocycles. The van der Waals surface area contributed by atoms with E-state index in [9.17, 15) is 4.79 Å². The van der Waals surface area contributed by atoms with Crippen molar-refractivity contribution in [2.75, 3.05) is 17.2 Å². The van der Waals surface area contributed by atoms with Crippen LogP contribution in [0.5, 0.6) is 0 Å². The van der Waals surface area contributed by atoms with Gasteiger partial charge in [-0.05, 0) is 43.4 Å². The lowest BCUT2D eigenvalue weighted by atomic mass is 10.0. The minimum absolute atomic E-state index is 0.249. The van der Waals surface area contributed by atoms with Gasteiger partial charge in [-0.3, -0.25) is 4.79 Å². The van der Waals surface area contributed by atoms with Crippen LogP contribution in [0.1, 0.15) is 45.4 Å². The summed E-state index contributed by atoms with van der Waals surface area (Å²) < 4.78 is 0. The Morgan fingerprint density at radius 1 is 1.37 bits per heavy atom. The van der Waals surface area contributed by atoms with Crippen LogP contribution in [-0.2, 0) is 4.79 Å². The highest BCUT2D eigenvalue weighted by Gasteiger charge is 2.22. The Bertz CT molecular complexity index is 425. The molecule has 0 aromatic heterocycles. The highest BCUT2D eigenvalue weighted by atomic mass is 16.2. The molecule has 0 bridgehead atoms. The zero-order chi connectivity index (χ0) is 13.7. The number of benzene rings is 1. The van der Waals surface area contributed by atoms with Gasteiger partial charge in [-0.1, -0.05) is 25.8 Å². The lowest BCUT2D eigenvalue weighted by Gasteiger charge is -2.24. The lowest BCUT2D eigenvalue weighted by Crippen LogP contribution is -2.32. The molecule has 1 fully saturated rings. The van der Waals surface area contributed by atoms with Crippen molar-refractivity contribution < 1.29 is 4.79 Å². The Morgan fingerprint density at radius 3 is 2.74 bits per heavy atom. The molecule has 104 valence electrons. The van der Waals surface area contributed by atoms with Crippen LogP contribution in [0.15, 0.2) is 24.3 Å². The van der Waals surface area contributed by atoms with Crippen molar-refractivity contribution in [3.8, 4) is 0 Å². The standard InChI is InChI=1S/C16H24N2O/c1-2-10-18(15-9-5-8-14(17)12-15)16(19)11-13-6-3-4-7-13/h5,8-9,12-13H,2-4,6-7,10-11,17H2,1H3. The number of nitrogens with two attached hydrogens (primary N) is 1. The van der Waals surface area contributed by atoms with Gasteiger partial charge in [0.15, 0.2) is 0 Å². The number of anilines is 2. The summed E-state index contributed by atoms with van der Waals surface area (Å²) in [6.07, 6.45) is 6.64. The molecular formula is C16H24N2O. The third kappa shape index (κ3) is 3.72. The van der Waals surface area contributed by atoms with Crippen LogP contribution in [0.4, 0.5) is 11.4 Å². The monoisotopic (exact) mass is 260 g/mol. The first-order valence-electron chi connectivity index (χ1n) is 7.36. The van der Waals surface area contributed by atoms with Gasteiger partial charge >= 0.3 is 0 Å². The molecule has 1 aliphatic rings. The van der Waals surface area contributed by atoms with Crippen LogP contribution < -0.4 is 10.6 Å². The van der Waals surface area contributed by atoms with Crippen LogP contribution in [-0.4, -0.2) is 12.5 Å². The Balaban J connectivity index is 2.07. The summed E-state index contributed by atoms with van der Waals surface area (Å²) in [6.45, 7) is 2.87. The molecule has 0 aliphatic heterocycles. The third-order valence-corrected chi connectivity index (χ3v) is 3.87. The molecule has 2 N–H and O–H groups in total. The van der Waals surface area contributed by atoms with Crippen molar-refractivity contribution in [1.29, 1.82) is 0 Å². The highest BCUT2D eigenvalue weighted by Crippen LogP contribution is 2.29.